The van der Waals surface area contributed by atoms with Gasteiger partial charge in [-0.1, -0.05) is 0 Å². The topological polar surface area (TPSA) is 80.0 Å². The Morgan fingerprint density at radius 1 is 1.50 bits per heavy atom. The van der Waals surface area contributed by atoms with Crippen molar-refractivity contribution in [3.8, 4) is 0 Å². The van der Waals surface area contributed by atoms with E-state index < -0.39 is 6.04 Å². The summed E-state index contributed by atoms with van der Waals surface area (Å²) in [6, 6.07) is 1.45. The van der Waals surface area contributed by atoms with Crippen LogP contribution in [0.5, 0.6) is 0 Å². The smallest absolute Gasteiger partial charge is 0.239 e. The molecule has 4 N–H and O–H groups in total. The molecule has 1 aromatic heterocycles. The minimum absolute atomic E-state index is 0.389. The number of nitrogens with one attached hydrogen (secondary N) is 2. The van der Waals surface area contributed by atoms with Gasteiger partial charge in [0.15, 0.2) is 0 Å². The van der Waals surface area contributed by atoms with Crippen molar-refractivity contribution in [2.24, 2.45) is 5.73 Å². The zero-order valence-electron chi connectivity index (χ0n) is 8.24. The molecule has 1 amide bonds. The second-order valence-corrected chi connectivity index (χ2v) is 2.98. The number of hydrogen-bond acceptors (Lipinski definition) is 4. The van der Waals surface area contributed by atoms with E-state index in [1.165, 1.54) is 0 Å². The summed E-state index contributed by atoms with van der Waals surface area (Å²) < 4.78 is 0. The van der Waals surface area contributed by atoms with Crippen LogP contribution >= 0.6 is 0 Å². The number of anilines is 2. The van der Waals surface area contributed by atoms with E-state index in [9.17, 15) is 4.79 Å². The summed E-state index contributed by atoms with van der Waals surface area (Å²) in [7, 11) is 1.80. The monoisotopic (exact) mass is 194 g/mol. The van der Waals surface area contributed by atoms with Crippen LogP contribution in [0.1, 0.15) is 6.92 Å². The standard InChI is InChI=1S/C9H14N4O/c1-6(9(10)14)13-8-3-7(11-2)4-12-5-8/h3-6,11,13H,1-2H3,(H2,10,14). The Labute approximate surface area is 82.7 Å². The molecule has 5 nitrogen and oxygen atoms in total. The van der Waals surface area contributed by atoms with Crippen LogP contribution in [0.2, 0.25) is 0 Å². The summed E-state index contributed by atoms with van der Waals surface area (Å²) in [5.41, 5.74) is 6.76. The highest BCUT2D eigenvalue weighted by Crippen LogP contribution is 2.12. The number of rotatable bonds is 4. The van der Waals surface area contributed by atoms with Gasteiger partial charge >= 0.3 is 0 Å². The third-order valence-corrected chi connectivity index (χ3v) is 1.84. The van der Waals surface area contributed by atoms with E-state index in [-0.39, 0.29) is 5.91 Å². The second-order valence-electron chi connectivity index (χ2n) is 2.98. The van der Waals surface area contributed by atoms with E-state index in [1.807, 2.05) is 6.07 Å². The number of nitrogens with two attached hydrogens (primary N) is 1. The van der Waals surface area contributed by atoms with Gasteiger partial charge in [0.25, 0.3) is 0 Å². The van der Waals surface area contributed by atoms with Gasteiger partial charge < -0.3 is 16.4 Å². The Kier molecular flexibility index (Phi) is 3.28. The maximum Gasteiger partial charge on any atom is 0.239 e. The fourth-order valence-corrected chi connectivity index (χ4v) is 0.977. The third kappa shape index (κ3) is 2.62. The molecule has 0 aliphatic carbocycles. The van der Waals surface area contributed by atoms with E-state index in [1.54, 1.807) is 26.4 Å². The summed E-state index contributed by atoms with van der Waals surface area (Å²) in [5.74, 6) is -0.389. The average molecular weight is 194 g/mol. The van der Waals surface area contributed by atoms with Crippen molar-refractivity contribution in [2.45, 2.75) is 13.0 Å². The molecular weight excluding hydrogens is 180 g/mol. The van der Waals surface area contributed by atoms with Crippen molar-refractivity contribution in [3.63, 3.8) is 0 Å². The van der Waals surface area contributed by atoms with E-state index in [4.69, 9.17) is 5.73 Å². The SMILES string of the molecule is CNc1cncc(NC(C)C(N)=O)c1. The molecule has 0 bridgehead atoms. The molecule has 1 aromatic rings. The molecule has 0 spiro atoms. The zero-order valence-corrected chi connectivity index (χ0v) is 8.24. The first kappa shape index (κ1) is 10.3. The maximum atomic E-state index is 10.8. The average Bonchev–Trinajstić information content (AvgIpc) is 2.18. The molecule has 1 heterocycles. The van der Waals surface area contributed by atoms with Crippen LogP contribution in [0.3, 0.4) is 0 Å². The largest absolute Gasteiger partial charge is 0.387 e. The van der Waals surface area contributed by atoms with Crippen molar-refractivity contribution < 1.29 is 4.79 Å². The second kappa shape index (κ2) is 4.45. The molecule has 14 heavy (non-hydrogen) atoms. The van der Waals surface area contributed by atoms with Crippen molar-refractivity contribution in [3.05, 3.63) is 18.5 Å². The zero-order chi connectivity index (χ0) is 10.6. The summed E-state index contributed by atoms with van der Waals surface area (Å²) >= 11 is 0. The van der Waals surface area contributed by atoms with Crippen molar-refractivity contribution >= 4 is 17.3 Å². The van der Waals surface area contributed by atoms with E-state index in [2.05, 4.69) is 15.6 Å². The lowest BCUT2D eigenvalue weighted by Crippen LogP contribution is -2.32. The molecule has 0 aliphatic heterocycles. The first-order chi connectivity index (χ1) is 6.63. The van der Waals surface area contributed by atoms with Gasteiger partial charge in [0.2, 0.25) is 5.91 Å². The van der Waals surface area contributed by atoms with Crippen molar-refractivity contribution in [1.29, 1.82) is 0 Å². The van der Waals surface area contributed by atoms with Gasteiger partial charge in [0.05, 0.1) is 23.8 Å². The number of aromatic nitrogens is 1. The predicted octanol–water partition coefficient (Wildman–Crippen LogP) is 0.409. The highest BCUT2D eigenvalue weighted by Gasteiger charge is 2.07. The Morgan fingerprint density at radius 3 is 2.71 bits per heavy atom. The molecule has 0 fully saturated rings. The first-order valence-corrected chi connectivity index (χ1v) is 4.32. The van der Waals surface area contributed by atoms with E-state index in [0.717, 1.165) is 11.4 Å². The summed E-state index contributed by atoms with van der Waals surface area (Å²) in [4.78, 5) is 14.8. The van der Waals surface area contributed by atoms with Crippen LogP contribution in [-0.4, -0.2) is 24.0 Å². The van der Waals surface area contributed by atoms with Crippen LogP contribution in [-0.2, 0) is 4.79 Å². The number of hydrogen-bond donors (Lipinski definition) is 3. The van der Waals surface area contributed by atoms with Crippen LogP contribution in [0.4, 0.5) is 11.4 Å². The molecular formula is C9H14N4O. The number of pyridine rings is 1. The van der Waals surface area contributed by atoms with Gasteiger partial charge in [0.1, 0.15) is 6.04 Å². The minimum Gasteiger partial charge on any atom is -0.387 e. The van der Waals surface area contributed by atoms with Crippen LogP contribution < -0.4 is 16.4 Å². The Bertz CT molecular complexity index is 326. The fraction of sp³-hybridized carbons (Fsp3) is 0.333. The van der Waals surface area contributed by atoms with Gasteiger partial charge in [-0.2, -0.15) is 0 Å². The molecule has 76 valence electrons. The number of carbonyl (C=O) groups excluding carboxylic acids is 1. The lowest BCUT2D eigenvalue weighted by Gasteiger charge is -2.11. The van der Waals surface area contributed by atoms with E-state index in [0.29, 0.717) is 0 Å². The predicted molar refractivity (Wildman–Crippen MR) is 56.1 cm³/mol. The molecule has 0 radical (unpaired) electrons. The van der Waals surface area contributed by atoms with Gasteiger partial charge in [0, 0.05) is 7.05 Å². The lowest BCUT2D eigenvalue weighted by atomic mass is 10.3. The molecule has 5 heteroatoms. The van der Waals surface area contributed by atoms with Gasteiger partial charge in [-0.3, -0.25) is 9.78 Å². The van der Waals surface area contributed by atoms with Gasteiger partial charge in [-0.25, -0.2) is 0 Å². The molecule has 1 unspecified atom stereocenters. The van der Waals surface area contributed by atoms with Gasteiger partial charge in [-0.05, 0) is 13.0 Å². The highest BCUT2D eigenvalue weighted by atomic mass is 16.1. The van der Waals surface area contributed by atoms with E-state index >= 15 is 0 Å². The van der Waals surface area contributed by atoms with Gasteiger partial charge in [-0.15, -0.1) is 0 Å². The van der Waals surface area contributed by atoms with Crippen molar-refractivity contribution in [1.82, 2.24) is 4.98 Å². The lowest BCUT2D eigenvalue weighted by molar-refractivity contribution is -0.118. The Balaban J connectivity index is 2.71. The summed E-state index contributed by atoms with van der Waals surface area (Å²) in [5, 5.41) is 5.89. The highest BCUT2D eigenvalue weighted by molar-refractivity contribution is 5.82. The normalized spacial score (nSPS) is 11.9. The Morgan fingerprint density at radius 2 is 2.14 bits per heavy atom. The number of amides is 1. The number of primary amides is 1. The molecule has 1 atom stereocenters. The van der Waals surface area contributed by atoms with Crippen LogP contribution in [0, 0.1) is 0 Å². The summed E-state index contributed by atoms with van der Waals surface area (Å²) in [6.07, 6.45) is 3.33. The van der Waals surface area contributed by atoms with Crippen LogP contribution in [0.25, 0.3) is 0 Å². The summed E-state index contributed by atoms with van der Waals surface area (Å²) in [6.45, 7) is 1.70. The van der Waals surface area contributed by atoms with Crippen LogP contribution in [0.15, 0.2) is 18.5 Å². The molecule has 0 saturated carbocycles. The fourth-order valence-electron chi connectivity index (χ4n) is 0.977. The minimum atomic E-state index is -0.399. The Hall–Kier alpha value is -1.78. The molecule has 0 aliphatic rings. The maximum absolute atomic E-state index is 10.8. The number of carbonyl (C=O) groups is 1. The molecule has 0 saturated heterocycles. The molecule has 1 rings (SSSR count). The molecule has 0 aromatic carbocycles. The quantitative estimate of drug-likeness (QED) is 0.648. The first-order valence-electron chi connectivity index (χ1n) is 4.32. The van der Waals surface area contributed by atoms with Crippen molar-refractivity contribution in [2.75, 3.05) is 17.7 Å². The third-order valence-electron chi connectivity index (χ3n) is 1.84. The number of nitrogens with zero attached hydrogens (tertiary/aromatic N) is 1.